The first-order valence-corrected chi connectivity index (χ1v) is 7.47. The molecular formula is C16H26N2O3. The molecule has 0 fully saturated rings. The van der Waals surface area contributed by atoms with Crippen molar-refractivity contribution in [3.05, 3.63) is 23.8 Å². The van der Waals surface area contributed by atoms with Crippen molar-refractivity contribution in [1.29, 1.82) is 0 Å². The van der Waals surface area contributed by atoms with E-state index < -0.39 is 6.10 Å². The van der Waals surface area contributed by atoms with Crippen LogP contribution in [0.1, 0.15) is 25.5 Å². The molecule has 1 heterocycles. The Kier molecular flexibility index (Phi) is 5.45. The zero-order valence-electron chi connectivity index (χ0n) is 13.4. The largest absolute Gasteiger partial charge is 0.454 e. The van der Waals surface area contributed by atoms with Crippen LogP contribution in [0.5, 0.6) is 11.5 Å². The third-order valence-electron chi connectivity index (χ3n) is 3.85. The van der Waals surface area contributed by atoms with Crippen molar-refractivity contribution >= 4 is 0 Å². The lowest BCUT2D eigenvalue weighted by Crippen LogP contribution is -2.42. The maximum atomic E-state index is 10.5. The van der Waals surface area contributed by atoms with Crippen LogP contribution < -0.4 is 9.47 Å². The summed E-state index contributed by atoms with van der Waals surface area (Å²) >= 11 is 0. The van der Waals surface area contributed by atoms with E-state index in [1.807, 2.05) is 18.2 Å². The molecule has 1 N–H and O–H groups in total. The van der Waals surface area contributed by atoms with Crippen LogP contribution in [0.3, 0.4) is 0 Å². The van der Waals surface area contributed by atoms with Gasteiger partial charge in [-0.15, -0.1) is 0 Å². The quantitative estimate of drug-likeness (QED) is 0.829. The van der Waals surface area contributed by atoms with Crippen LogP contribution in [-0.4, -0.2) is 61.5 Å². The zero-order valence-corrected chi connectivity index (χ0v) is 13.4. The molecule has 21 heavy (non-hydrogen) atoms. The molecule has 1 aromatic rings. The summed E-state index contributed by atoms with van der Waals surface area (Å²) in [5.41, 5.74) is 0.870. The molecule has 0 bridgehead atoms. The molecule has 2 rings (SSSR count). The molecule has 0 aliphatic carbocycles. The molecule has 1 aromatic carbocycles. The molecule has 2 atom stereocenters. The Morgan fingerprint density at radius 2 is 1.90 bits per heavy atom. The van der Waals surface area contributed by atoms with Crippen LogP contribution in [0.15, 0.2) is 18.2 Å². The maximum absolute atomic E-state index is 10.5. The van der Waals surface area contributed by atoms with Crippen molar-refractivity contribution < 1.29 is 14.6 Å². The van der Waals surface area contributed by atoms with E-state index in [9.17, 15) is 5.11 Å². The van der Waals surface area contributed by atoms with Crippen molar-refractivity contribution in [3.63, 3.8) is 0 Å². The minimum absolute atomic E-state index is 0.260. The number of ether oxygens (including phenoxy) is 2. The lowest BCUT2D eigenvalue weighted by atomic mass is 10.1. The van der Waals surface area contributed by atoms with Gasteiger partial charge in [-0.2, -0.15) is 0 Å². The first kappa shape index (κ1) is 16.1. The molecule has 0 aromatic heterocycles. The average Bonchev–Trinajstić information content (AvgIpc) is 2.90. The van der Waals surface area contributed by atoms with E-state index in [0.717, 1.165) is 30.2 Å². The first-order chi connectivity index (χ1) is 10.0. The summed E-state index contributed by atoms with van der Waals surface area (Å²) in [5.74, 6) is 1.47. The number of likely N-dealkylation sites (N-methyl/N-ethyl adjacent to an activating group) is 2. The summed E-state index contributed by atoms with van der Waals surface area (Å²) in [6.07, 6.45) is -0.524. The lowest BCUT2D eigenvalue weighted by molar-refractivity contribution is 0.0857. The van der Waals surface area contributed by atoms with Gasteiger partial charge in [0.15, 0.2) is 11.5 Å². The Labute approximate surface area is 127 Å². The molecule has 1 aliphatic heterocycles. The Balaban J connectivity index is 2.00. The highest BCUT2D eigenvalue weighted by molar-refractivity contribution is 5.45. The fraction of sp³-hybridized carbons (Fsp3) is 0.625. The summed E-state index contributed by atoms with van der Waals surface area (Å²) in [6.45, 7) is 7.08. The molecule has 118 valence electrons. The van der Waals surface area contributed by atoms with Crippen LogP contribution in [0.2, 0.25) is 0 Å². The highest BCUT2D eigenvalue weighted by Crippen LogP contribution is 2.34. The number of hydrogen-bond acceptors (Lipinski definition) is 5. The zero-order chi connectivity index (χ0) is 15.4. The molecule has 0 saturated carbocycles. The van der Waals surface area contributed by atoms with Gasteiger partial charge in [0.25, 0.3) is 0 Å². The molecule has 0 spiro atoms. The molecule has 2 unspecified atom stereocenters. The third kappa shape index (κ3) is 4.09. The Hall–Kier alpha value is -1.30. The van der Waals surface area contributed by atoms with E-state index in [0.29, 0.717) is 12.6 Å². The van der Waals surface area contributed by atoms with E-state index >= 15 is 0 Å². The normalized spacial score (nSPS) is 16.5. The Morgan fingerprint density at radius 1 is 1.19 bits per heavy atom. The summed E-state index contributed by atoms with van der Waals surface area (Å²) < 4.78 is 10.7. The van der Waals surface area contributed by atoms with Crippen LogP contribution in [0, 0.1) is 0 Å². The van der Waals surface area contributed by atoms with E-state index in [-0.39, 0.29) is 6.79 Å². The van der Waals surface area contributed by atoms with Crippen LogP contribution in [-0.2, 0) is 0 Å². The van der Waals surface area contributed by atoms with Crippen molar-refractivity contribution in [1.82, 2.24) is 9.80 Å². The van der Waals surface area contributed by atoms with Crippen molar-refractivity contribution in [2.24, 2.45) is 0 Å². The fourth-order valence-corrected chi connectivity index (χ4v) is 2.71. The van der Waals surface area contributed by atoms with E-state index in [1.165, 1.54) is 0 Å². The fourth-order valence-electron chi connectivity index (χ4n) is 2.71. The predicted molar refractivity (Wildman–Crippen MR) is 82.8 cm³/mol. The smallest absolute Gasteiger partial charge is 0.231 e. The van der Waals surface area contributed by atoms with E-state index in [1.54, 1.807) is 0 Å². The second kappa shape index (κ2) is 7.11. The second-order valence-corrected chi connectivity index (χ2v) is 5.83. The van der Waals surface area contributed by atoms with Gasteiger partial charge >= 0.3 is 0 Å². The lowest BCUT2D eigenvalue weighted by Gasteiger charge is -2.31. The number of rotatable bonds is 7. The van der Waals surface area contributed by atoms with Gasteiger partial charge < -0.3 is 19.5 Å². The van der Waals surface area contributed by atoms with Gasteiger partial charge in [0.2, 0.25) is 6.79 Å². The van der Waals surface area contributed by atoms with Gasteiger partial charge in [-0.05, 0) is 45.3 Å². The van der Waals surface area contributed by atoms with E-state index in [4.69, 9.17) is 9.47 Å². The van der Waals surface area contributed by atoms with Gasteiger partial charge in [0.05, 0.1) is 6.10 Å². The third-order valence-corrected chi connectivity index (χ3v) is 3.85. The van der Waals surface area contributed by atoms with Crippen LogP contribution >= 0.6 is 0 Å². The highest BCUT2D eigenvalue weighted by atomic mass is 16.7. The van der Waals surface area contributed by atoms with Gasteiger partial charge in [-0.25, -0.2) is 0 Å². The average molecular weight is 294 g/mol. The van der Waals surface area contributed by atoms with E-state index in [2.05, 4.69) is 37.7 Å². The highest BCUT2D eigenvalue weighted by Gasteiger charge is 2.20. The van der Waals surface area contributed by atoms with Crippen molar-refractivity contribution in [2.45, 2.75) is 26.0 Å². The predicted octanol–water partition coefficient (Wildman–Crippen LogP) is 1.72. The van der Waals surface area contributed by atoms with Gasteiger partial charge in [0.1, 0.15) is 0 Å². The number of benzene rings is 1. The maximum Gasteiger partial charge on any atom is 0.231 e. The minimum Gasteiger partial charge on any atom is -0.454 e. The molecule has 5 nitrogen and oxygen atoms in total. The number of aliphatic hydroxyl groups excluding tert-OH is 1. The van der Waals surface area contributed by atoms with Gasteiger partial charge in [-0.1, -0.05) is 13.0 Å². The Bertz CT molecular complexity index is 465. The molecule has 1 aliphatic rings. The summed E-state index contributed by atoms with van der Waals surface area (Å²) in [5, 5.41) is 10.5. The van der Waals surface area contributed by atoms with Gasteiger partial charge in [-0.3, -0.25) is 4.90 Å². The number of nitrogens with zero attached hydrogens (tertiary/aromatic N) is 2. The summed E-state index contributed by atoms with van der Waals surface area (Å²) in [6, 6.07) is 6.04. The first-order valence-electron chi connectivity index (χ1n) is 7.47. The standard InChI is InChI=1S/C16H26N2O3/c1-5-18(12(2)9-17(3)4)10-14(19)13-6-7-15-16(8-13)21-11-20-15/h6-8,12,14,19H,5,9-11H2,1-4H3. The summed E-state index contributed by atoms with van der Waals surface area (Å²) in [4.78, 5) is 4.45. The molecular weight excluding hydrogens is 268 g/mol. The minimum atomic E-state index is -0.524. The number of hydrogen-bond donors (Lipinski definition) is 1. The van der Waals surface area contributed by atoms with Gasteiger partial charge in [0, 0.05) is 19.1 Å². The van der Waals surface area contributed by atoms with Crippen LogP contribution in [0.25, 0.3) is 0 Å². The SMILES string of the molecule is CCN(CC(O)c1ccc2c(c1)OCO2)C(C)CN(C)C. The van der Waals surface area contributed by atoms with Crippen molar-refractivity contribution in [2.75, 3.05) is 40.5 Å². The topological polar surface area (TPSA) is 45.2 Å². The molecule has 0 saturated heterocycles. The monoisotopic (exact) mass is 294 g/mol. The second-order valence-electron chi connectivity index (χ2n) is 5.83. The molecule has 5 heteroatoms. The summed E-state index contributed by atoms with van der Waals surface area (Å²) in [7, 11) is 4.14. The number of fused-ring (bicyclic) bond motifs is 1. The molecule has 0 amide bonds. The number of aliphatic hydroxyl groups is 1. The van der Waals surface area contributed by atoms with Crippen LogP contribution in [0.4, 0.5) is 0 Å². The Morgan fingerprint density at radius 3 is 2.57 bits per heavy atom. The molecule has 0 radical (unpaired) electrons. The van der Waals surface area contributed by atoms with Crippen molar-refractivity contribution in [3.8, 4) is 11.5 Å².